The zero-order chi connectivity index (χ0) is 12.5. The summed E-state index contributed by atoms with van der Waals surface area (Å²) in [6, 6.07) is 5.66. The zero-order valence-corrected chi connectivity index (χ0v) is 9.50. The molecule has 0 bridgehead atoms. The molecule has 0 radical (unpaired) electrons. The van der Waals surface area contributed by atoms with Crippen molar-refractivity contribution in [3.05, 3.63) is 35.4 Å². The van der Waals surface area contributed by atoms with E-state index >= 15 is 0 Å². The van der Waals surface area contributed by atoms with Crippen LogP contribution < -0.4 is 5.73 Å². The first kappa shape index (κ1) is 12.4. The van der Waals surface area contributed by atoms with Gasteiger partial charge in [-0.25, -0.2) is 0 Å². The molecule has 94 valence electrons. The van der Waals surface area contributed by atoms with Crippen molar-refractivity contribution < 1.29 is 13.2 Å². The summed E-state index contributed by atoms with van der Waals surface area (Å²) in [6.07, 6.45) is -0.727. The molecule has 1 saturated carbocycles. The van der Waals surface area contributed by atoms with Gasteiger partial charge in [-0.15, -0.1) is 0 Å². The fraction of sp³-hybridized carbons (Fsp3) is 0.538. The minimum Gasteiger partial charge on any atom is -0.327 e. The van der Waals surface area contributed by atoms with E-state index < -0.39 is 11.7 Å². The summed E-state index contributed by atoms with van der Waals surface area (Å²) in [5, 5.41) is 0. The Labute approximate surface area is 98.8 Å². The maximum Gasteiger partial charge on any atom is 0.416 e. The monoisotopic (exact) mass is 243 g/mol. The predicted octanol–water partition coefficient (Wildman–Crippen LogP) is 3.69. The van der Waals surface area contributed by atoms with Crippen LogP contribution in [-0.2, 0) is 6.18 Å². The van der Waals surface area contributed by atoms with E-state index in [1.807, 2.05) is 0 Å². The summed E-state index contributed by atoms with van der Waals surface area (Å²) in [5.74, 6) is -0.151. The van der Waals surface area contributed by atoms with Crippen molar-refractivity contribution in [1.29, 1.82) is 0 Å². The standard InChI is InChI=1S/C13H16F3N/c14-13(15,16)11-7-3-1-5-9(11)10-6-2-4-8-12(10)17/h1,3,5,7,10,12H,2,4,6,8,17H2/t10-,12+/m0/s1. The molecule has 1 fully saturated rings. The molecular formula is C13H16F3N. The van der Waals surface area contributed by atoms with Gasteiger partial charge in [-0.3, -0.25) is 0 Å². The minimum absolute atomic E-state index is 0.146. The van der Waals surface area contributed by atoms with E-state index in [2.05, 4.69) is 0 Å². The van der Waals surface area contributed by atoms with Gasteiger partial charge in [-0.2, -0.15) is 13.2 Å². The van der Waals surface area contributed by atoms with Crippen molar-refractivity contribution in [3.63, 3.8) is 0 Å². The molecule has 0 saturated heterocycles. The van der Waals surface area contributed by atoms with Crippen LogP contribution in [0.3, 0.4) is 0 Å². The lowest BCUT2D eigenvalue weighted by atomic mass is 9.79. The van der Waals surface area contributed by atoms with Crippen LogP contribution in [0.4, 0.5) is 13.2 Å². The molecule has 17 heavy (non-hydrogen) atoms. The van der Waals surface area contributed by atoms with Crippen LogP contribution in [-0.4, -0.2) is 6.04 Å². The third-order valence-corrected chi connectivity index (χ3v) is 3.49. The van der Waals surface area contributed by atoms with Gasteiger partial charge in [0.1, 0.15) is 0 Å². The summed E-state index contributed by atoms with van der Waals surface area (Å²) in [7, 11) is 0. The van der Waals surface area contributed by atoms with Gasteiger partial charge >= 0.3 is 6.18 Å². The molecule has 1 aromatic carbocycles. The molecule has 0 amide bonds. The summed E-state index contributed by atoms with van der Waals surface area (Å²) in [6.45, 7) is 0. The van der Waals surface area contributed by atoms with E-state index in [0.717, 1.165) is 31.7 Å². The van der Waals surface area contributed by atoms with Crippen LogP contribution in [0.1, 0.15) is 42.7 Å². The van der Waals surface area contributed by atoms with E-state index in [4.69, 9.17) is 5.73 Å². The van der Waals surface area contributed by atoms with Crippen molar-refractivity contribution in [2.45, 2.75) is 43.8 Å². The Balaban J connectivity index is 2.37. The Morgan fingerprint density at radius 1 is 1.06 bits per heavy atom. The molecule has 0 aliphatic heterocycles. The van der Waals surface area contributed by atoms with Crippen LogP contribution in [0.2, 0.25) is 0 Å². The highest BCUT2D eigenvalue weighted by Gasteiger charge is 2.36. The van der Waals surface area contributed by atoms with Crippen molar-refractivity contribution in [3.8, 4) is 0 Å². The van der Waals surface area contributed by atoms with Gasteiger partial charge in [0.05, 0.1) is 5.56 Å². The third-order valence-electron chi connectivity index (χ3n) is 3.49. The quantitative estimate of drug-likeness (QED) is 0.799. The number of hydrogen-bond donors (Lipinski definition) is 1. The van der Waals surface area contributed by atoms with Gasteiger partial charge in [0.25, 0.3) is 0 Å². The average Bonchev–Trinajstić information content (AvgIpc) is 2.28. The van der Waals surface area contributed by atoms with Crippen molar-refractivity contribution in [2.24, 2.45) is 5.73 Å². The predicted molar refractivity (Wildman–Crippen MR) is 60.6 cm³/mol. The number of hydrogen-bond acceptors (Lipinski definition) is 1. The maximum absolute atomic E-state index is 12.9. The average molecular weight is 243 g/mol. The molecule has 1 aliphatic carbocycles. The largest absolute Gasteiger partial charge is 0.416 e. The lowest BCUT2D eigenvalue weighted by Crippen LogP contribution is -2.32. The van der Waals surface area contributed by atoms with Gasteiger partial charge in [-0.1, -0.05) is 31.0 Å². The van der Waals surface area contributed by atoms with Crippen molar-refractivity contribution >= 4 is 0 Å². The SMILES string of the molecule is N[C@@H]1CCCC[C@H]1c1ccccc1C(F)(F)F. The van der Waals surface area contributed by atoms with Crippen LogP contribution >= 0.6 is 0 Å². The lowest BCUT2D eigenvalue weighted by molar-refractivity contribution is -0.138. The lowest BCUT2D eigenvalue weighted by Gasteiger charge is -2.30. The highest BCUT2D eigenvalue weighted by Crippen LogP contribution is 2.39. The highest BCUT2D eigenvalue weighted by atomic mass is 19.4. The van der Waals surface area contributed by atoms with E-state index in [9.17, 15) is 13.2 Å². The first-order valence-corrected chi connectivity index (χ1v) is 5.92. The maximum atomic E-state index is 12.9. The van der Waals surface area contributed by atoms with Crippen molar-refractivity contribution in [1.82, 2.24) is 0 Å². The van der Waals surface area contributed by atoms with Crippen LogP contribution in [0.25, 0.3) is 0 Å². The smallest absolute Gasteiger partial charge is 0.327 e. The first-order chi connectivity index (χ1) is 8.00. The molecule has 1 aliphatic rings. The van der Waals surface area contributed by atoms with E-state index in [1.165, 1.54) is 6.07 Å². The molecule has 0 heterocycles. The molecule has 0 unspecified atom stereocenters. The fourth-order valence-electron chi connectivity index (χ4n) is 2.62. The second kappa shape index (κ2) is 4.69. The van der Waals surface area contributed by atoms with Gasteiger partial charge in [0, 0.05) is 6.04 Å². The zero-order valence-electron chi connectivity index (χ0n) is 9.50. The number of rotatable bonds is 1. The molecular weight excluding hydrogens is 227 g/mol. The number of halogens is 3. The molecule has 2 N–H and O–H groups in total. The second-order valence-corrected chi connectivity index (χ2v) is 4.64. The normalized spacial score (nSPS) is 25.9. The second-order valence-electron chi connectivity index (χ2n) is 4.64. The molecule has 2 atom stereocenters. The van der Waals surface area contributed by atoms with Crippen molar-refractivity contribution in [2.75, 3.05) is 0 Å². The molecule has 0 aromatic heterocycles. The fourth-order valence-corrected chi connectivity index (χ4v) is 2.62. The van der Waals surface area contributed by atoms with Crippen LogP contribution in [0, 0.1) is 0 Å². The number of alkyl halides is 3. The Kier molecular flexibility index (Phi) is 3.43. The third kappa shape index (κ3) is 2.63. The summed E-state index contributed by atoms with van der Waals surface area (Å²) >= 11 is 0. The highest BCUT2D eigenvalue weighted by molar-refractivity contribution is 5.34. The van der Waals surface area contributed by atoms with E-state index in [-0.39, 0.29) is 12.0 Å². The molecule has 0 spiro atoms. The summed E-state index contributed by atoms with van der Waals surface area (Å²) < 4.78 is 38.7. The van der Waals surface area contributed by atoms with Gasteiger partial charge in [-0.05, 0) is 30.4 Å². The Morgan fingerprint density at radius 3 is 2.35 bits per heavy atom. The van der Waals surface area contributed by atoms with Gasteiger partial charge in [0.15, 0.2) is 0 Å². The Hall–Kier alpha value is -1.03. The summed E-state index contributed by atoms with van der Waals surface area (Å²) in [5.41, 5.74) is 5.80. The summed E-state index contributed by atoms with van der Waals surface area (Å²) in [4.78, 5) is 0. The molecule has 4 heteroatoms. The molecule has 1 nitrogen and oxygen atoms in total. The molecule has 1 aromatic rings. The Bertz CT molecular complexity index is 386. The minimum atomic E-state index is -4.28. The van der Waals surface area contributed by atoms with Gasteiger partial charge in [0.2, 0.25) is 0 Å². The number of benzene rings is 1. The van der Waals surface area contributed by atoms with E-state index in [0.29, 0.717) is 5.56 Å². The number of nitrogens with two attached hydrogens (primary N) is 1. The topological polar surface area (TPSA) is 26.0 Å². The Morgan fingerprint density at radius 2 is 1.71 bits per heavy atom. The molecule has 2 rings (SSSR count). The van der Waals surface area contributed by atoms with Gasteiger partial charge < -0.3 is 5.73 Å². The van der Waals surface area contributed by atoms with E-state index in [1.54, 1.807) is 12.1 Å². The van der Waals surface area contributed by atoms with Crippen LogP contribution in [0.15, 0.2) is 24.3 Å². The van der Waals surface area contributed by atoms with Crippen LogP contribution in [0.5, 0.6) is 0 Å². The first-order valence-electron chi connectivity index (χ1n) is 5.92.